The van der Waals surface area contributed by atoms with E-state index in [2.05, 4.69) is 15.3 Å². The topological polar surface area (TPSA) is 103 Å². The number of halogens is 1. The van der Waals surface area contributed by atoms with Gasteiger partial charge in [0, 0.05) is 18.3 Å². The van der Waals surface area contributed by atoms with Gasteiger partial charge >= 0.3 is 0 Å². The molecule has 0 bridgehead atoms. The Morgan fingerprint density at radius 3 is 2.88 bits per heavy atom. The second-order valence-electron chi connectivity index (χ2n) is 5.07. The molecule has 0 aliphatic heterocycles. The molecule has 7 nitrogen and oxygen atoms in total. The average molecular weight is 342 g/mol. The number of hydrogen-bond donors (Lipinski definition) is 2. The van der Waals surface area contributed by atoms with Crippen LogP contribution >= 0.6 is 0 Å². The summed E-state index contributed by atoms with van der Waals surface area (Å²) in [5, 5.41) is 2.58. The fourth-order valence-electron chi connectivity index (χ4n) is 2.26. The summed E-state index contributed by atoms with van der Waals surface area (Å²) >= 11 is 0. The fourth-order valence-corrected chi connectivity index (χ4v) is 2.26. The second-order valence-corrected chi connectivity index (χ2v) is 5.07. The highest BCUT2D eigenvalue weighted by Gasteiger charge is 2.16. The standard InChI is InChI=1S/C17H15FN4O3/c1-24-13-5-2-4-12(18)10(13)8-21-17(23)11-9-20-16(22-15(11)19)14-6-3-7-25-14/h2-7,9H,8H2,1H3,(H,21,23)(H2,19,20,22). The molecule has 1 aromatic carbocycles. The molecule has 8 heteroatoms. The zero-order chi connectivity index (χ0) is 17.8. The minimum absolute atomic E-state index is 0.000557. The van der Waals surface area contributed by atoms with E-state index in [0.717, 1.165) is 0 Å². The van der Waals surface area contributed by atoms with Gasteiger partial charge in [-0.1, -0.05) is 6.07 Å². The quantitative estimate of drug-likeness (QED) is 0.738. The molecule has 0 radical (unpaired) electrons. The minimum atomic E-state index is -0.520. The molecule has 0 saturated heterocycles. The lowest BCUT2D eigenvalue weighted by atomic mass is 10.1. The highest BCUT2D eigenvalue weighted by atomic mass is 19.1. The summed E-state index contributed by atoms with van der Waals surface area (Å²) in [6.07, 6.45) is 2.78. The van der Waals surface area contributed by atoms with Gasteiger partial charge in [0.1, 0.15) is 17.4 Å². The summed E-state index contributed by atoms with van der Waals surface area (Å²) in [4.78, 5) is 20.4. The number of furan rings is 1. The lowest BCUT2D eigenvalue weighted by molar-refractivity contribution is 0.0950. The van der Waals surface area contributed by atoms with Crippen LogP contribution in [0.2, 0.25) is 0 Å². The van der Waals surface area contributed by atoms with Crippen molar-refractivity contribution in [2.75, 3.05) is 12.8 Å². The van der Waals surface area contributed by atoms with Gasteiger partial charge in [0.2, 0.25) is 0 Å². The minimum Gasteiger partial charge on any atom is -0.496 e. The number of ether oxygens (including phenoxy) is 1. The molecule has 3 aromatic rings. The number of amides is 1. The van der Waals surface area contributed by atoms with E-state index >= 15 is 0 Å². The van der Waals surface area contributed by atoms with Crippen LogP contribution in [0, 0.1) is 5.82 Å². The average Bonchev–Trinajstić information content (AvgIpc) is 3.14. The molecule has 2 heterocycles. The van der Waals surface area contributed by atoms with Crippen molar-refractivity contribution in [1.29, 1.82) is 0 Å². The largest absolute Gasteiger partial charge is 0.496 e. The van der Waals surface area contributed by atoms with Crippen LogP contribution < -0.4 is 15.8 Å². The number of benzene rings is 1. The second kappa shape index (κ2) is 7.00. The lowest BCUT2D eigenvalue weighted by Crippen LogP contribution is -2.25. The van der Waals surface area contributed by atoms with Gasteiger partial charge in [-0.15, -0.1) is 0 Å². The Labute approximate surface area is 142 Å². The molecule has 0 aliphatic rings. The van der Waals surface area contributed by atoms with Gasteiger partial charge in [-0.2, -0.15) is 0 Å². The molecular formula is C17H15FN4O3. The first-order valence-electron chi connectivity index (χ1n) is 7.36. The first-order chi connectivity index (χ1) is 12.1. The number of nitrogens with one attached hydrogen (secondary N) is 1. The Kier molecular flexibility index (Phi) is 4.60. The van der Waals surface area contributed by atoms with Crippen molar-refractivity contribution in [3.8, 4) is 17.3 Å². The maximum atomic E-state index is 13.9. The van der Waals surface area contributed by atoms with E-state index in [4.69, 9.17) is 14.9 Å². The van der Waals surface area contributed by atoms with Gasteiger partial charge < -0.3 is 20.2 Å². The number of hydrogen-bond acceptors (Lipinski definition) is 6. The number of nitrogens with zero attached hydrogens (tertiary/aromatic N) is 2. The summed E-state index contributed by atoms with van der Waals surface area (Å²) in [5.41, 5.74) is 6.16. The maximum absolute atomic E-state index is 13.9. The number of nitrogens with two attached hydrogens (primary N) is 1. The predicted molar refractivity (Wildman–Crippen MR) is 88.3 cm³/mol. The summed E-state index contributed by atoms with van der Waals surface area (Å²) in [5.74, 6) is 0.0625. The van der Waals surface area contributed by atoms with Gasteiger partial charge in [-0.05, 0) is 24.3 Å². The van der Waals surface area contributed by atoms with Crippen LogP contribution in [0.15, 0.2) is 47.2 Å². The molecule has 0 spiro atoms. The third-order valence-electron chi connectivity index (χ3n) is 3.53. The van der Waals surface area contributed by atoms with Crippen LogP contribution in [0.5, 0.6) is 5.75 Å². The Balaban J connectivity index is 1.76. The molecule has 3 N–H and O–H groups in total. The number of nitrogen functional groups attached to an aromatic ring is 1. The number of aromatic nitrogens is 2. The van der Waals surface area contributed by atoms with Gasteiger partial charge in [-0.3, -0.25) is 4.79 Å². The number of carbonyl (C=O) groups excluding carboxylic acids is 1. The normalized spacial score (nSPS) is 10.5. The van der Waals surface area contributed by atoms with Gasteiger partial charge in [-0.25, -0.2) is 14.4 Å². The monoisotopic (exact) mass is 342 g/mol. The summed E-state index contributed by atoms with van der Waals surface area (Å²) in [6, 6.07) is 7.80. The van der Waals surface area contributed by atoms with Crippen LogP contribution in [0.4, 0.5) is 10.2 Å². The zero-order valence-electron chi connectivity index (χ0n) is 13.3. The van der Waals surface area contributed by atoms with E-state index in [0.29, 0.717) is 11.5 Å². The van der Waals surface area contributed by atoms with Crippen LogP contribution in [0.1, 0.15) is 15.9 Å². The van der Waals surface area contributed by atoms with Crippen LogP contribution in [-0.2, 0) is 6.54 Å². The molecule has 128 valence electrons. The van der Waals surface area contributed by atoms with E-state index in [9.17, 15) is 9.18 Å². The van der Waals surface area contributed by atoms with Gasteiger partial charge in [0.25, 0.3) is 5.91 Å². The molecular weight excluding hydrogens is 327 g/mol. The van der Waals surface area contributed by atoms with E-state index in [-0.39, 0.29) is 29.3 Å². The first-order valence-corrected chi connectivity index (χ1v) is 7.36. The van der Waals surface area contributed by atoms with Crippen LogP contribution in [0.25, 0.3) is 11.6 Å². The van der Waals surface area contributed by atoms with Crippen LogP contribution in [-0.4, -0.2) is 23.0 Å². The zero-order valence-corrected chi connectivity index (χ0v) is 13.3. The number of rotatable bonds is 5. The van der Waals surface area contributed by atoms with Crippen molar-refractivity contribution >= 4 is 11.7 Å². The third kappa shape index (κ3) is 3.42. The van der Waals surface area contributed by atoms with Gasteiger partial charge in [0.05, 0.1) is 18.9 Å². The van der Waals surface area contributed by atoms with Crippen molar-refractivity contribution in [2.24, 2.45) is 0 Å². The molecule has 0 atom stereocenters. The van der Waals surface area contributed by atoms with E-state index in [1.165, 1.54) is 31.7 Å². The molecule has 0 aliphatic carbocycles. The van der Waals surface area contributed by atoms with Crippen LogP contribution in [0.3, 0.4) is 0 Å². The molecule has 0 saturated carbocycles. The lowest BCUT2D eigenvalue weighted by Gasteiger charge is -2.11. The summed E-state index contributed by atoms with van der Waals surface area (Å²) < 4.78 is 24.2. The summed E-state index contributed by atoms with van der Waals surface area (Å²) in [6.45, 7) is -0.0615. The Hall–Kier alpha value is -3.42. The van der Waals surface area contributed by atoms with E-state index in [1.807, 2.05) is 0 Å². The Bertz CT molecular complexity index is 897. The third-order valence-corrected chi connectivity index (χ3v) is 3.53. The Morgan fingerprint density at radius 2 is 2.20 bits per heavy atom. The van der Waals surface area contributed by atoms with E-state index < -0.39 is 11.7 Å². The molecule has 2 aromatic heterocycles. The number of methoxy groups -OCH3 is 1. The molecule has 25 heavy (non-hydrogen) atoms. The number of carbonyl (C=O) groups is 1. The predicted octanol–water partition coefficient (Wildman–Crippen LogP) is 2.40. The Morgan fingerprint density at radius 1 is 1.36 bits per heavy atom. The van der Waals surface area contributed by atoms with Crippen molar-refractivity contribution in [2.45, 2.75) is 6.54 Å². The molecule has 0 fully saturated rings. The maximum Gasteiger partial charge on any atom is 0.256 e. The fraction of sp³-hybridized carbons (Fsp3) is 0.118. The SMILES string of the molecule is COc1cccc(F)c1CNC(=O)c1cnc(-c2ccco2)nc1N. The molecule has 3 rings (SSSR count). The van der Waals surface area contributed by atoms with Crippen molar-refractivity contribution in [1.82, 2.24) is 15.3 Å². The first kappa shape index (κ1) is 16.4. The highest BCUT2D eigenvalue weighted by Crippen LogP contribution is 2.21. The van der Waals surface area contributed by atoms with E-state index in [1.54, 1.807) is 18.2 Å². The van der Waals surface area contributed by atoms with Crippen molar-refractivity contribution in [3.05, 3.63) is 59.7 Å². The van der Waals surface area contributed by atoms with Gasteiger partial charge in [0.15, 0.2) is 11.6 Å². The number of anilines is 1. The molecule has 0 unspecified atom stereocenters. The van der Waals surface area contributed by atoms with Crippen molar-refractivity contribution in [3.63, 3.8) is 0 Å². The van der Waals surface area contributed by atoms with Crippen molar-refractivity contribution < 1.29 is 18.3 Å². The smallest absolute Gasteiger partial charge is 0.256 e. The summed E-state index contributed by atoms with van der Waals surface area (Å²) in [7, 11) is 1.43. The molecule has 1 amide bonds. The highest BCUT2D eigenvalue weighted by molar-refractivity contribution is 5.98.